The average Bonchev–Trinajstić information content (AvgIpc) is 3.34. The number of benzene rings is 3. The molecule has 0 amide bonds. The first-order valence-corrected chi connectivity index (χ1v) is 16.9. The second-order valence-electron chi connectivity index (χ2n) is 10.9. The van der Waals surface area contributed by atoms with Crippen LogP contribution >= 0.6 is 46.6 Å². The van der Waals surface area contributed by atoms with Crippen LogP contribution in [0.4, 0.5) is 4.39 Å². The summed E-state index contributed by atoms with van der Waals surface area (Å²) in [5.41, 5.74) is 2.58. The lowest BCUT2D eigenvalue weighted by Crippen LogP contribution is -2.23. The zero-order chi connectivity index (χ0) is 30.8. The number of rotatable bonds is 11. The van der Waals surface area contributed by atoms with Gasteiger partial charge in [0.2, 0.25) is 0 Å². The Morgan fingerprint density at radius 3 is 2.29 bits per heavy atom. The Labute approximate surface area is 265 Å². The molecule has 0 aliphatic rings. The van der Waals surface area contributed by atoms with E-state index in [0.717, 1.165) is 11.3 Å². The molecule has 5 nitrogen and oxygen atoms in total. The van der Waals surface area contributed by atoms with Crippen LogP contribution in [0, 0.1) is 11.7 Å². The zero-order valence-corrected chi connectivity index (χ0v) is 27.4. The normalized spacial score (nSPS) is 12.2. The molecular formula is C31H30Cl3FN2O3S2. The highest BCUT2D eigenvalue weighted by Gasteiger charge is 2.30. The molecule has 4 aromatic rings. The van der Waals surface area contributed by atoms with E-state index in [0.29, 0.717) is 32.2 Å². The Kier molecular flexibility index (Phi) is 10.2. The fourth-order valence-electron chi connectivity index (χ4n) is 4.58. The number of carbonyl (C=O) groups is 1. The Hall–Kier alpha value is -2.36. The maximum atomic E-state index is 13.8. The predicted octanol–water partition coefficient (Wildman–Crippen LogP) is 8.98. The van der Waals surface area contributed by atoms with Crippen molar-refractivity contribution in [2.24, 2.45) is 5.92 Å². The van der Waals surface area contributed by atoms with Crippen molar-refractivity contribution in [1.29, 1.82) is 0 Å². The van der Waals surface area contributed by atoms with Crippen molar-refractivity contribution in [2.45, 2.75) is 55.3 Å². The third-order valence-electron chi connectivity index (χ3n) is 6.78. The minimum Gasteiger partial charge on any atom is -0.299 e. The molecule has 11 heteroatoms. The van der Waals surface area contributed by atoms with Crippen molar-refractivity contribution in [2.75, 3.05) is 5.75 Å². The van der Waals surface area contributed by atoms with Gasteiger partial charge in [0, 0.05) is 23.3 Å². The van der Waals surface area contributed by atoms with Gasteiger partial charge in [-0.25, -0.2) is 17.8 Å². The van der Waals surface area contributed by atoms with Gasteiger partial charge in [-0.3, -0.25) is 9.36 Å². The summed E-state index contributed by atoms with van der Waals surface area (Å²) in [6, 6.07) is 16.4. The smallest absolute Gasteiger partial charge is 0.186 e. The largest absolute Gasteiger partial charge is 0.299 e. The van der Waals surface area contributed by atoms with Crippen molar-refractivity contribution in [3.05, 3.63) is 105 Å². The summed E-state index contributed by atoms with van der Waals surface area (Å²) >= 11 is 20.2. The maximum Gasteiger partial charge on any atom is 0.186 e. The van der Waals surface area contributed by atoms with Gasteiger partial charge in [-0.15, -0.1) is 0 Å². The first-order chi connectivity index (χ1) is 19.7. The number of Topliss-reactive ketones (excluding diaryl/α,β-unsaturated/α-hetero) is 1. The molecule has 0 N–H and O–H groups in total. The first kappa shape index (κ1) is 32.6. The van der Waals surface area contributed by atoms with E-state index in [-0.39, 0.29) is 33.9 Å². The van der Waals surface area contributed by atoms with Gasteiger partial charge in [0.15, 0.2) is 15.0 Å². The fourth-order valence-corrected chi connectivity index (χ4v) is 7.67. The van der Waals surface area contributed by atoms with Crippen LogP contribution in [0.15, 0.2) is 76.9 Å². The zero-order valence-electron chi connectivity index (χ0n) is 23.5. The molecule has 3 aromatic carbocycles. The lowest BCUT2D eigenvalue weighted by atomic mass is 9.81. The summed E-state index contributed by atoms with van der Waals surface area (Å²) in [7, 11) is -3.92. The number of sulfone groups is 1. The molecule has 222 valence electrons. The van der Waals surface area contributed by atoms with E-state index >= 15 is 0 Å². The van der Waals surface area contributed by atoms with Gasteiger partial charge in [0.1, 0.15) is 17.4 Å². The summed E-state index contributed by atoms with van der Waals surface area (Å²) in [6.07, 6.45) is 1.95. The van der Waals surface area contributed by atoms with Crippen molar-refractivity contribution >= 4 is 62.2 Å². The van der Waals surface area contributed by atoms with Gasteiger partial charge < -0.3 is 0 Å². The molecule has 0 aliphatic heterocycles. The van der Waals surface area contributed by atoms with E-state index in [9.17, 15) is 17.6 Å². The highest BCUT2D eigenvalue weighted by Crippen LogP contribution is 2.39. The SMILES string of the molecule is CC(C)CC(=O)CS(=O)(=O)c1cc(CSc2ncc(C(C)(C)c3ccc(Cl)c(Cl)c3)n2-c2ccc(F)cc2)ccc1Cl. The van der Waals surface area contributed by atoms with E-state index < -0.39 is 21.0 Å². The third kappa shape index (κ3) is 7.40. The second kappa shape index (κ2) is 13.1. The summed E-state index contributed by atoms with van der Waals surface area (Å²) < 4.78 is 41.9. The predicted molar refractivity (Wildman–Crippen MR) is 170 cm³/mol. The Morgan fingerprint density at radius 2 is 1.64 bits per heavy atom. The van der Waals surface area contributed by atoms with Gasteiger partial charge in [-0.1, -0.05) is 86.4 Å². The highest BCUT2D eigenvalue weighted by molar-refractivity contribution is 7.98. The number of carbonyl (C=O) groups excluding carboxylic acids is 1. The number of nitrogens with zero attached hydrogens (tertiary/aromatic N) is 2. The van der Waals surface area contributed by atoms with Crippen LogP contribution in [0.1, 0.15) is 50.9 Å². The van der Waals surface area contributed by atoms with Gasteiger partial charge in [0.25, 0.3) is 0 Å². The van der Waals surface area contributed by atoms with Gasteiger partial charge in [0.05, 0.1) is 31.9 Å². The molecule has 0 unspecified atom stereocenters. The number of thioether (sulfide) groups is 1. The molecule has 0 atom stereocenters. The highest BCUT2D eigenvalue weighted by atomic mass is 35.5. The van der Waals surface area contributed by atoms with Crippen molar-refractivity contribution < 1.29 is 17.6 Å². The number of imidazole rings is 1. The molecule has 0 radical (unpaired) electrons. The molecule has 4 rings (SSSR count). The second-order valence-corrected chi connectivity index (χ2v) is 15.1. The summed E-state index contributed by atoms with van der Waals surface area (Å²) in [5.74, 6) is -0.879. The van der Waals surface area contributed by atoms with E-state index in [1.807, 2.05) is 44.4 Å². The van der Waals surface area contributed by atoms with E-state index in [1.54, 1.807) is 30.5 Å². The van der Waals surface area contributed by atoms with Crippen LogP contribution in [0.5, 0.6) is 0 Å². The molecule has 0 saturated carbocycles. The monoisotopic (exact) mass is 666 g/mol. The lowest BCUT2D eigenvalue weighted by molar-refractivity contribution is -0.117. The van der Waals surface area contributed by atoms with Gasteiger partial charge in [-0.2, -0.15) is 0 Å². The summed E-state index contributed by atoms with van der Waals surface area (Å²) in [6.45, 7) is 7.80. The Balaban J connectivity index is 1.69. The van der Waals surface area contributed by atoms with E-state index in [1.165, 1.54) is 36.0 Å². The van der Waals surface area contributed by atoms with Crippen LogP contribution < -0.4 is 0 Å². The van der Waals surface area contributed by atoms with E-state index in [2.05, 4.69) is 0 Å². The number of ketones is 1. The minimum atomic E-state index is -3.92. The van der Waals surface area contributed by atoms with Crippen LogP contribution in [-0.2, 0) is 25.8 Å². The standard InChI is InChI=1S/C31H30Cl3FN2O3S2/c1-19(2)13-24(38)18-42(39,40)28-14-20(5-11-26(28)33)17-41-30-36-16-29(37(30)23-9-7-22(35)8-10-23)31(3,4)21-6-12-25(32)27(34)15-21/h5-12,14-16,19H,13,17-18H2,1-4H3. The molecule has 0 aliphatic carbocycles. The van der Waals surface area contributed by atoms with Crippen LogP contribution in [0.25, 0.3) is 5.69 Å². The number of hydrogen-bond donors (Lipinski definition) is 0. The van der Waals surface area contributed by atoms with Crippen molar-refractivity contribution in [1.82, 2.24) is 9.55 Å². The Bertz CT molecular complexity index is 1720. The molecule has 0 fully saturated rings. The van der Waals surface area contributed by atoms with Crippen LogP contribution in [0.3, 0.4) is 0 Å². The minimum absolute atomic E-state index is 0.0577. The summed E-state index contributed by atoms with van der Waals surface area (Å²) in [4.78, 5) is 16.9. The van der Waals surface area contributed by atoms with Gasteiger partial charge in [-0.05, 0) is 65.6 Å². The summed E-state index contributed by atoms with van der Waals surface area (Å²) in [5, 5.41) is 1.58. The topological polar surface area (TPSA) is 69.0 Å². The van der Waals surface area contributed by atoms with E-state index in [4.69, 9.17) is 39.8 Å². The molecule has 42 heavy (non-hydrogen) atoms. The first-order valence-electron chi connectivity index (χ1n) is 13.1. The van der Waals surface area contributed by atoms with Gasteiger partial charge >= 0.3 is 0 Å². The Morgan fingerprint density at radius 1 is 0.976 bits per heavy atom. The molecule has 0 bridgehead atoms. The number of halogens is 4. The number of aromatic nitrogens is 2. The van der Waals surface area contributed by atoms with Crippen molar-refractivity contribution in [3.63, 3.8) is 0 Å². The molecule has 1 heterocycles. The van der Waals surface area contributed by atoms with Crippen molar-refractivity contribution in [3.8, 4) is 5.69 Å². The lowest BCUT2D eigenvalue weighted by Gasteiger charge is -2.28. The third-order valence-corrected chi connectivity index (χ3v) is 10.7. The molecular weight excluding hydrogens is 638 g/mol. The maximum absolute atomic E-state index is 13.8. The van der Waals surface area contributed by atoms with Crippen LogP contribution in [-0.4, -0.2) is 29.5 Å². The average molecular weight is 668 g/mol. The molecule has 0 spiro atoms. The molecule has 0 saturated heterocycles. The van der Waals surface area contributed by atoms with Crippen LogP contribution in [0.2, 0.25) is 15.1 Å². The number of hydrogen-bond acceptors (Lipinski definition) is 5. The molecule has 1 aromatic heterocycles. The quantitative estimate of drug-likeness (QED) is 0.149. The fraction of sp³-hybridized carbons (Fsp3) is 0.290.